The Labute approximate surface area is 207 Å². The van der Waals surface area contributed by atoms with Crippen LogP contribution >= 0.6 is 0 Å². The molecule has 4 aliphatic rings. The van der Waals surface area contributed by atoms with Gasteiger partial charge in [0.15, 0.2) is 0 Å². The highest BCUT2D eigenvalue weighted by Crippen LogP contribution is 2.68. The first-order valence-electron chi connectivity index (χ1n) is 14.2. The second kappa shape index (κ2) is 11.2. The zero-order valence-corrected chi connectivity index (χ0v) is 22.2. The Morgan fingerprint density at radius 3 is 2.44 bits per heavy atom. The third-order valence-corrected chi connectivity index (χ3v) is 11.2. The van der Waals surface area contributed by atoms with E-state index in [-0.39, 0.29) is 0 Å². The van der Waals surface area contributed by atoms with Gasteiger partial charge in [0, 0.05) is 13.5 Å². The number of hydrogen-bond acceptors (Lipinski definition) is 4. The molecule has 0 heterocycles. The number of carboxylic acid groups (broad SMARTS) is 1. The van der Waals surface area contributed by atoms with Crippen molar-refractivity contribution in [2.45, 2.75) is 97.5 Å². The lowest BCUT2D eigenvalue weighted by Gasteiger charge is -2.61. The van der Waals surface area contributed by atoms with Crippen LogP contribution in [-0.4, -0.2) is 50.7 Å². The maximum absolute atomic E-state index is 11.2. The lowest BCUT2D eigenvalue weighted by Crippen LogP contribution is -2.54. The zero-order chi connectivity index (χ0) is 24.3. The number of fused-ring (bicyclic) bond motifs is 5. The molecule has 4 aliphatic carbocycles. The SMILES string of the molecule is COCCOCCO[C@H]1CC[C@@]2(C)[C@H](CC[C@@H]3[C@@H]2CC[C@]2(C)[C@@H]([C@H](C)CCC(=O)O)CC[C@@H]32)C1. The summed E-state index contributed by atoms with van der Waals surface area (Å²) in [6.45, 7) is 10.2. The number of rotatable bonds is 11. The van der Waals surface area contributed by atoms with Gasteiger partial charge >= 0.3 is 5.97 Å². The van der Waals surface area contributed by atoms with Crippen molar-refractivity contribution in [2.24, 2.45) is 46.3 Å². The molecule has 0 aromatic rings. The molecule has 0 aliphatic heterocycles. The summed E-state index contributed by atoms with van der Waals surface area (Å²) in [7, 11) is 1.70. The van der Waals surface area contributed by atoms with Crippen LogP contribution < -0.4 is 0 Å². The van der Waals surface area contributed by atoms with E-state index in [2.05, 4.69) is 20.8 Å². The van der Waals surface area contributed by atoms with E-state index < -0.39 is 5.97 Å². The van der Waals surface area contributed by atoms with Gasteiger partial charge in [0.1, 0.15) is 0 Å². The van der Waals surface area contributed by atoms with E-state index in [9.17, 15) is 9.90 Å². The highest BCUT2D eigenvalue weighted by Gasteiger charge is 2.60. The van der Waals surface area contributed by atoms with E-state index in [1.54, 1.807) is 7.11 Å². The molecule has 4 saturated carbocycles. The van der Waals surface area contributed by atoms with Crippen molar-refractivity contribution in [3.8, 4) is 0 Å². The van der Waals surface area contributed by atoms with Gasteiger partial charge in [-0.05, 0) is 111 Å². The molecule has 0 aromatic carbocycles. The molecular weight excluding hydrogens is 428 g/mol. The molecule has 5 nitrogen and oxygen atoms in total. The van der Waals surface area contributed by atoms with Gasteiger partial charge in [0.25, 0.3) is 0 Å². The van der Waals surface area contributed by atoms with Gasteiger partial charge in [-0.1, -0.05) is 20.8 Å². The van der Waals surface area contributed by atoms with E-state index in [0.717, 1.165) is 30.1 Å². The van der Waals surface area contributed by atoms with Crippen molar-refractivity contribution in [3.05, 3.63) is 0 Å². The first-order valence-corrected chi connectivity index (χ1v) is 14.2. The number of methoxy groups -OCH3 is 1. The second-order valence-electron chi connectivity index (χ2n) is 12.7. The number of hydrogen-bond donors (Lipinski definition) is 1. The molecule has 4 rings (SSSR count). The standard InChI is InChI=1S/C29H50O5/c1-20(5-10-27(30)31)24-8-9-25-23-7-6-21-19-22(34-18-17-33-16-15-32-4)11-13-28(21,2)26(23)12-14-29(24,25)3/h20-26H,5-19H2,1-4H3,(H,30,31)/t20-,21-,22+,23+,24-,25+,26+,28+,29-/m1/s1. The van der Waals surface area contributed by atoms with Crippen molar-refractivity contribution in [1.82, 2.24) is 0 Å². The summed E-state index contributed by atoms with van der Waals surface area (Å²) in [6.07, 6.45) is 13.5. The molecule has 0 spiro atoms. The van der Waals surface area contributed by atoms with E-state index in [4.69, 9.17) is 14.2 Å². The second-order valence-corrected chi connectivity index (χ2v) is 12.7. The monoisotopic (exact) mass is 478 g/mol. The summed E-state index contributed by atoms with van der Waals surface area (Å²) in [4.78, 5) is 11.2. The van der Waals surface area contributed by atoms with Crippen LogP contribution in [0.3, 0.4) is 0 Å². The molecule has 0 bridgehead atoms. The van der Waals surface area contributed by atoms with Crippen LogP contribution in [0.15, 0.2) is 0 Å². The molecular formula is C29H50O5. The van der Waals surface area contributed by atoms with E-state index >= 15 is 0 Å². The van der Waals surface area contributed by atoms with Crippen LogP contribution in [0.5, 0.6) is 0 Å². The number of carboxylic acids is 1. The molecule has 9 atom stereocenters. The summed E-state index contributed by atoms with van der Waals surface area (Å²) < 4.78 is 16.9. The van der Waals surface area contributed by atoms with Crippen LogP contribution in [0, 0.1) is 46.3 Å². The summed E-state index contributed by atoms with van der Waals surface area (Å²) in [6, 6.07) is 0. The van der Waals surface area contributed by atoms with Crippen LogP contribution in [0.25, 0.3) is 0 Å². The van der Waals surface area contributed by atoms with Crippen LogP contribution in [0.2, 0.25) is 0 Å². The molecule has 196 valence electrons. The van der Waals surface area contributed by atoms with Gasteiger partial charge in [-0.15, -0.1) is 0 Å². The molecule has 1 N–H and O–H groups in total. The van der Waals surface area contributed by atoms with Gasteiger partial charge in [0.05, 0.1) is 32.5 Å². The fourth-order valence-electron chi connectivity index (χ4n) is 9.42. The topological polar surface area (TPSA) is 65.0 Å². The molecule has 5 heteroatoms. The lowest BCUT2D eigenvalue weighted by atomic mass is 9.44. The normalized spacial score (nSPS) is 42.5. The lowest BCUT2D eigenvalue weighted by molar-refractivity contribution is -0.140. The van der Waals surface area contributed by atoms with Gasteiger partial charge in [-0.2, -0.15) is 0 Å². The van der Waals surface area contributed by atoms with Gasteiger partial charge in [-0.3, -0.25) is 4.79 Å². The van der Waals surface area contributed by atoms with Crippen molar-refractivity contribution >= 4 is 5.97 Å². The van der Waals surface area contributed by atoms with E-state index in [1.165, 1.54) is 57.8 Å². The van der Waals surface area contributed by atoms with Gasteiger partial charge < -0.3 is 19.3 Å². The summed E-state index contributed by atoms with van der Waals surface area (Å²) in [5, 5.41) is 9.19. The van der Waals surface area contributed by atoms with Gasteiger partial charge in [0.2, 0.25) is 0 Å². The van der Waals surface area contributed by atoms with Crippen molar-refractivity contribution in [2.75, 3.05) is 33.5 Å². The minimum Gasteiger partial charge on any atom is -0.481 e. The minimum absolute atomic E-state index is 0.326. The molecule has 0 unspecified atom stereocenters. The largest absolute Gasteiger partial charge is 0.481 e. The predicted octanol–water partition coefficient (Wildman–Crippen LogP) is 6.19. The Morgan fingerprint density at radius 1 is 0.941 bits per heavy atom. The molecule has 0 amide bonds. The summed E-state index contributed by atoms with van der Waals surface area (Å²) in [5.74, 6) is 4.00. The third kappa shape index (κ3) is 5.22. The number of carbonyl (C=O) groups is 1. The Hall–Kier alpha value is -0.650. The maximum Gasteiger partial charge on any atom is 0.303 e. The predicted molar refractivity (Wildman–Crippen MR) is 134 cm³/mol. The smallest absolute Gasteiger partial charge is 0.303 e. The minimum atomic E-state index is -0.639. The Kier molecular flexibility index (Phi) is 8.68. The molecule has 0 saturated heterocycles. The van der Waals surface area contributed by atoms with E-state index in [0.29, 0.717) is 61.6 Å². The highest BCUT2D eigenvalue weighted by molar-refractivity contribution is 5.66. The first kappa shape index (κ1) is 26.4. The van der Waals surface area contributed by atoms with Crippen LogP contribution in [0.1, 0.15) is 91.4 Å². The summed E-state index contributed by atoms with van der Waals surface area (Å²) in [5.41, 5.74) is 0.900. The van der Waals surface area contributed by atoms with Crippen LogP contribution in [-0.2, 0) is 19.0 Å². The fraction of sp³-hybridized carbons (Fsp3) is 0.966. The molecule has 0 aromatic heterocycles. The Balaban J connectivity index is 1.33. The highest BCUT2D eigenvalue weighted by atomic mass is 16.5. The Bertz CT molecular complexity index is 681. The number of aliphatic carboxylic acids is 1. The number of ether oxygens (including phenoxy) is 3. The zero-order valence-electron chi connectivity index (χ0n) is 22.2. The maximum atomic E-state index is 11.2. The van der Waals surface area contributed by atoms with Crippen molar-refractivity contribution in [3.63, 3.8) is 0 Å². The van der Waals surface area contributed by atoms with Crippen LogP contribution in [0.4, 0.5) is 0 Å². The van der Waals surface area contributed by atoms with Gasteiger partial charge in [-0.25, -0.2) is 0 Å². The molecule has 4 fully saturated rings. The van der Waals surface area contributed by atoms with Crippen molar-refractivity contribution in [1.29, 1.82) is 0 Å². The third-order valence-electron chi connectivity index (χ3n) is 11.2. The van der Waals surface area contributed by atoms with Crippen molar-refractivity contribution < 1.29 is 24.1 Å². The summed E-state index contributed by atoms with van der Waals surface area (Å²) >= 11 is 0. The average Bonchev–Trinajstić information content (AvgIpc) is 3.17. The molecule has 34 heavy (non-hydrogen) atoms. The average molecular weight is 479 g/mol. The molecule has 0 radical (unpaired) electrons. The fourth-order valence-corrected chi connectivity index (χ4v) is 9.42. The first-order chi connectivity index (χ1) is 16.3. The van der Waals surface area contributed by atoms with E-state index in [1.807, 2.05) is 0 Å². The quantitative estimate of drug-likeness (QED) is 0.359. The Morgan fingerprint density at radius 2 is 1.68 bits per heavy atom.